The summed E-state index contributed by atoms with van der Waals surface area (Å²) >= 11 is 0. The van der Waals surface area contributed by atoms with Crippen LogP contribution in [0.25, 0.3) is 11.5 Å². The standard InChI is InChI=1S/C16H13N3O5/c1-9-3-4-11(7-12(9)16-17-10(2)8-23-16)18-15(20)13-5-6-14(24-13)19(21)22/h3-8H,1-2H3,(H,18,20). The molecule has 0 bridgehead atoms. The van der Waals surface area contributed by atoms with Crippen LogP contribution in [0.3, 0.4) is 0 Å². The molecule has 8 heteroatoms. The molecule has 0 radical (unpaired) electrons. The van der Waals surface area contributed by atoms with E-state index in [1.165, 1.54) is 6.07 Å². The van der Waals surface area contributed by atoms with Gasteiger partial charge in [-0.25, -0.2) is 4.98 Å². The van der Waals surface area contributed by atoms with Crippen molar-refractivity contribution in [3.05, 3.63) is 63.7 Å². The molecule has 3 rings (SSSR count). The molecule has 1 N–H and O–H groups in total. The quantitative estimate of drug-likeness (QED) is 0.577. The summed E-state index contributed by atoms with van der Waals surface area (Å²) in [6.07, 6.45) is 1.54. The van der Waals surface area contributed by atoms with Crippen LogP contribution in [-0.2, 0) is 0 Å². The molecule has 1 aromatic carbocycles. The van der Waals surface area contributed by atoms with Crippen LogP contribution in [0, 0.1) is 24.0 Å². The zero-order valence-corrected chi connectivity index (χ0v) is 12.9. The Kier molecular flexibility index (Phi) is 3.87. The summed E-state index contributed by atoms with van der Waals surface area (Å²) in [5, 5.41) is 13.2. The van der Waals surface area contributed by atoms with E-state index in [2.05, 4.69) is 10.3 Å². The van der Waals surface area contributed by atoms with Crippen LogP contribution >= 0.6 is 0 Å². The van der Waals surface area contributed by atoms with Gasteiger partial charge in [-0.15, -0.1) is 0 Å². The molecule has 0 atom stereocenters. The van der Waals surface area contributed by atoms with E-state index in [4.69, 9.17) is 8.83 Å². The van der Waals surface area contributed by atoms with Crippen LogP contribution in [0.5, 0.6) is 0 Å². The lowest BCUT2D eigenvalue weighted by Crippen LogP contribution is -2.11. The number of furan rings is 1. The first-order valence-corrected chi connectivity index (χ1v) is 7.03. The number of hydrogen-bond donors (Lipinski definition) is 1. The van der Waals surface area contributed by atoms with E-state index in [-0.39, 0.29) is 5.76 Å². The van der Waals surface area contributed by atoms with Crippen molar-refractivity contribution in [2.24, 2.45) is 0 Å². The van der Waals surface area contributed by atoms with Crippen LogP contribution < -0.4 is 5.32 Å². The van der Waals surface area contributed by atoms with E-state index in [1.807, 2.05) is 19.9 Å². The topological polar surface area (TPSA) is 111 Å². The number of nitro groups is 1. The number of carbonyl (C=O) groups is 1. The molecule has 24 heavy (non-hydrogen) atoms. The second kappa shape index (κ2) is 5.99. The summed E-state index contributed by atoms with van der Waals surface area (Å²) in [7, 11) is 0. The Bertz CT molecular complexity index is 925. The molecule has 122 valence electrons. The van der Waals surface area contributed by atoms with Crippen molar-refractivity contribution in [3.63, 3.8) is 0 Å². The number of carbonyl (C=O) groups excluding carboxylic acids is 1. The number of hydrogen-bond acceptors (Lipinski definition) is 6. The van der Waals surface area contributed by atoms with Gasteiger partial charge in [-0.05, 0) is 37.6 Å². The zero-order valence-electron chi connectivity index (χ0n) is 12.9. The number of aryl methyl sites for hydroxylation is 2. The normalized spacial score (nSPS) is 10.6. The van der Waals surface area contributed by atoms with Crippen molar-refractivity contribution < 1.29 is 18.6 Å². The molecule has 0 fully saturated rings. The predicted molar refractivity (Wildman–Crippen MR) is 84.7 cm³/mol. The lowest BCUT2D eigenvalue weighted by molar-refractivity contribution is -0.402. The fraction of sp³-hybridized carbons (Fsp3) is 0.125. The molecule has 0 saturated heterocycles. The van der Waals surface area contributed by atoms with Crippen LogP contribution in [-0.4, -0.2) is 15.8 Å². The summed E-state index contributed by atoms with van der Waals surface area (Å²) in [5.41, 5.74) is 2.92. The molecular formula is C16H13N3O5. The van der Waals surface area contributed by atoms with Crippen LogP contribution in [0.15, 0.2) is 45.4 Å². The first-order chi connectivity index (χ1) is 11.4. The number of aromatic nitrogens is 1. The van der Waals surface area contributed by atoms with Gasteiger partial charge in [0.15, 0.2) is 5.76 Å². The van der Waals surface area contributed by atoms with Crippen molar-refractivity contribution in [1.29, 1.82) is 0 Å². The molecule has 0 aliphatic carbocycles. The van der Waals surface area contributed by atoms with Crippen LogP contribution in [0.1, 0.15) is 21.8 Å². The van der Waals surface area contributed by atoms with E-state index in [0.29, 0.717) is 11.6 Å². The largest absolute Gasteiger partial charge is 0.444 e. The molecule has 0 aliphatic rings. The number of anilines is 1. The molecule has 2 heterocycles. The maximum absolute atomic E-state index is 12.1. The number of oxazole rings is 1. The van der Waals surface area contributed by atoms with Gasteiger partial charge in [-0.2, -0.15) is 0 Å². The van der Waals surface area contributed by atoms with Gasteiger partial charge in [0.05, 0.1) is 11.8 Å². The van der Waals surface area contributed by atoms with Gasteiger partial charge in [0.1, 0.15) is 11.2 Å². The summed E-state index contributed by atoms with van der Waals surface area (Å²) in [4.78, 5) is 26.3. The van der Waals surface area contributed by atoms with Crippen molar-refractivity contribution >= 4 is 17.5 Å². The number of benzene rings is 1. The van der Waals surface area contributed by atoms with Gasteiger partial charge in [-0.1, -0.05) is 6.07 Å². The fourth-order valence-electron chi connectivity index (χ4n) is 2.15. The minimum atomic E-state index is -0.703. The van der Waals surface area contributed by atoms with Gasteiger partial charge >= 0.3 is 5.88 Å². The van der Waals surface area contributed by atoms with Crippen molar-refractivity contribution in [3.8, 4) is 11.5 Å². The maximum Gasteiger partial charge on any atom is 0.433 e. The predicted octanol–water partition coefficient (Wildman–Crippen LogP) is 3.71. The van der Waals surface area contributed by atoms with Crippen LogP contribution in [0.4, 0.5) is 11.6 Å². The second-order valence-corrected chi connectivity index (χ2v) is 5.17. The highest BCUT2D eigenvalue weighted by molar-refractivity contribution is 6.02. The van der Waals surface area contributed by atoms with Crippen LogP contribution in [0.2, 0.25) is 0 Å². The van der Waals surface area contributed by atoms with Gasteiger partial charge in [0.2, 0.25) is 5.89 Å². The zero-order chi connectivity index (χ0) is 17.3. The smallest absolute Gasteiger partial charge is 0.433 e. The number of amides is 1. The Morgan fingerprint density at radius 2 is 2.04 bits per heavy atom. The summed E-state index contributed by atoms with van der Waals surface area (Å²) in [5.74, 6) is -0.757. The number of nitrogens with one attached hydrogen (secondary N) is 1. The summed E-state index contributed by atoms with van der Waals surface area (Å²) in [6.45, 7) is 3.72. The van der Waals surface area contributed by atoms with E-state index in [1.54, 1.807) is 18.4 Å². The Morgan fingerprint density at radius 1 is 1.25 bits per heavy atom. The second-order valence-electron chi connectivity index (χ2n) is 5.17. The van der Waals surface area contributed by atoms with Crippen molar-refractivity contribution in [2.75, 3.05) is 5.32 Å². The Balaban J connectivity index is 1.84. The third-order valence-electron chi connectivity index (χ3n) is 3.34. The van der Waals surface area contributed by atoms with E-state index < -0.39 is 16.7 Å². The minimum absolute atomic E-state index is 0.143. The Labute approximate surface area is 136 Å². The van der Waals surface area contributed by atoms with E-state index >= 15 is 0 Å². The first kappa shape index (κ1) is 15.5. The Morgan fingerprint density at radius 3 is 2.67 bits per heavy atom. The van der Waals surface area contributed by atoms with E-state index in [9.17, 15) is 14.9 Å². The average Bonchev–Trinajstić information content (AvgIpc) is 3.18. The first-order valence-electron chi connectivity index (χ1n) is 7.03. The molecule has 1 amide bonds. The van der Waals surface area contributed by atoms with Crippen molar-refractivity contribution in [2.45, 2.75) is 13.8 Å². The highest BCUT2D eigenvalue weighted by Crippen LogP contribution is 2.26. The number of nitrogens with zero attached hydrogens (tertiary/aromatic N) is 2. The molecule has 2 aromatic heterocycles. The third kappa shape index (κ3) is 3.02. The molecular weight excluding hydrogens is 314 g/mol. The van der Waals surface area contributed by atoms with Gasteiger partial charge < -0.3 is 14.2 Å². The molecule has 0 aliphatic heterocycles. The SMILES string of the molecule is Cc1coc(-c2cc(NC(=O)c3ccc([N+](=O)[O-])o3)ccc2C)n1. The van der Waals surface area contributed by atoms with E-state index in [0.717, 1.165) is 22.9 Å². The van der Waals surface area contributed by atoms with Gasteiger partial charge in [-0.3, -0.25) is 14.9 Å². The molecule has 0 saturated carbocycles. The number of rotatable bonds is 4. The monoisotopic (exact) mass is 327 g/mol. The molecule has 8 nitrogen and oxygen atoms in total. The summed E-state index contributed by atoms with van der Waals surface area (Å²) < 4.78 is 10.3. The van der Waals surface area contributed by atoms with Gasteiger partial charge in [0.25, 0.3) is 5.91 Å². The average molecular weight is 327 g/mol. The lowest BCUT2D eigenvalue weighted by Gasteiger charge is -2.07. The fourth-order valence-corrected chi connectivity index (χ4v) is 2.15. The molecule has 0 spiro atoms. The molecule has 3 aromatic rings. The lowest BCUT2D eigenvalue weighted by atomic mass is 10.1. The maximum atomic E-state index is 12.1. The molecule has 0 unspecified atom stereocenters. The Hall–Kier alpha value is -3.42. The minimum Gasteiger partial charge on any atom is -0.444 e. The highest BCUT2D eigenvalue weighted by Gasteiger charge is 2.18. The van der Waals surface area contributed by atoms with Gasteiger partial charge in [0, 0.05) is 11.3 Å². The van der Waals surface area contributed by atoms with Crippen molar-refractivity contribution in [1.82, 2.24) is 4.98 Å². The summed E-state index contributed by atoms with van der Waals surface area (Å²) in [6, 6.07) is 7.62. The highest BCUT2D eigenvalue weighted by atomic mass is 16.6. The third-order valence-corrected chi connectivity index (χ3v) is 3.34.